The standard InChI is InChI=1S/C28H34N4O4S/c1-4-23(29)25(33)30-31-28(36)32(26(34)18(2)14-15-20-10-6-5-7-11-20)27(35)19(3)16-21-17-37-24-13-9-8-12-22(21)24/h5-13,17-19,23H,4,14-16,29H2,1-3H3,(H,30,33)(H,31,36). The van der Waals surface area contributed by atoms with Crippen LogP contribution in [0.25, 0.3) is 10.1 Å². The Morgan fingerprint density at radius 1 is 0.919 bits per heavy atom. The van der Waals surface area contributed by atoms with E-state index in [2.05, 4.69) is 10.9 Å². The van der Waals surface area contributed by atoms with E-state index in [4.69, 9.17) is 5.73 Å². The maximum absolute atomic E-state index is 13.5. The van der Waals surface area contributed by atoms with Crippen LogP contribution in [0.4, 0.5) is 4.79 Å². The number of imide groups is 3. The van der Waals surface area contributed by atoms with Gasteiger partial charge in [-0.1, -0.05) is 69.3 Å². The zero-order valence-corrected chi connectivity index (χ0v) is 22.2. The van der Waals surface area contributed by atoms with Crippen molar-refractivity contribution in [2.24, 2.45) is 17.6 Å². The van der Waals surface area contributed by atoms with Gasteiger partial charge in [0.25, 0.3) is 5.91 Å². The number of nitrogens with zero attached hydrogens (tertiary/aromatic N) is 1. The maximum Gasteiger partial charge on any atom is 0.349 e. The summed E-state index contributed by atoms with van der Waals surface area (Å²) in [6, 6.07) is 15.8. The molecule has 3 atom stereocenters. The van der Waals surface area contributed by atoms with Crippen LogP contribution in [-0.2, 0) is 27.2 Å². The Morgan fingerprint density at radius 2 is 1.57 bits per heavy atom. The molecule has 5 amide bonds. The first-order valence-corrected chi connectivity index (χ1v) is 13.3. The van der Waals surface area contributed by atoms with Crippen LogP contribution < -0.4 is 16.6 Å². The molecule has 0 aliphatic rings. The van der Waals surface area contributed by atoms with Gasteiger partial charge in [0.2, 0.25) is 11.8 Å². The second-order valence-electron chi connectivity index (χ2n) is 9.23. The maximum atomic E-state index is 13.5. The first-order chi connectivity index (χ1) is 17.7. The highest BCUT2D eigenvalue weighted by atomic mass is 32.1. The number of urea groups is 1. The normalized spacial score (nSPS) is 13.4. The lowest BCUT2D eigenvalue weighted by Crippen LogP contribution is -2.57. The van der Waals surface area contributed by atoms with E-state index in [-0.39, 0.29) is 0 Å². The Kier molecular flexibility index (Phi) is 9.93. The van der Waals surface area contributed by atoms with E-state index < -0.39 is 41.6 Å². The van der Waals surface area contributed by atoms with Crippen LogP contribution in [0.15, 0.2) is 60.0 Å². The number of carbonyl (C=O) groups is 4. The summed E-state index contributed by atoms with van der Waals surface area (Å²) in [6.07, 6.45) is 1.81. The van der Waals surface area contributed by atoms with Gasteiger partial charge in [-0.2, -0.15) is 4.90 Å². The molecular weight excluding hydrogens is 488 g/mol. The number of hydrogen-bond donors (Lipinski definition) is 3. The first-order valence-electron chi connectivity index (χ1n) is 12.4. The molecule has 0 aliphatic carbocycles. The molecule has 0 spiro atoms. The summed E-state index contributed by atoms with van der Waals surface area (Å²) in [6.45, 7) is 5.12. The molecule has 3 unspecified atom stereocenters. The van der Waals surface area contributed by atoms with Crippen molar-refractivity contribution in [3.05, 3.63) is 71.1 Å². The molecule has 1 aromatic heterocycles. The minimum Gasteiger partial charge on any atom is -0.320 e. The Hall–Kier alpha value is -3.56. The Morgan fingerprint density at radius 3 is 2.27 bits per heavy atom. The predicted octanol–water partition coefficient (Wildman–Crippen LogP) is 4.18. The molecule has 196 valence electrons. The second kappa shape index (κ2) is 13.1. The number of fused-ring (bicyclic) bond motifs is 1. The molecule has 8 nitrogen and oxygen atoms in total. The highest BCUT2D eigenvalue weighted by Gasteiger charge is 2.35. The van der Waals surface area contributed by atoms with Crippen LogP contribution in [0.2, 0.25) is 0 Å². The summed E-state index contributed by atoms with van der Waals surface area (Å²) in [7, 11) is 0. The van der Waals surface area contributed by atoms with Crippen molar-refractivity contribution in [2.75, 3.05) is 0 Å². The number of aryl methyl sites for hydroxylation is 1. The van der Waals surface area contributed by atoms with Gasteiger partial charge in [-0.15, -0.1) is 11.3 Å². The molecule has 4 N–H and O–H groups in total. The summed E-state index contributed by atoms with van der Waals surface area (Å²) in [4.78, 5) is 52.7. The molecule has 3 aromatic rings. The van der Waals surface area contributed by atoms with Crippen LogP contribution in [0.1, 0.15) is 44.7 Å². The molecule has 0 radical (unpaired) electrons. The number of thiophene rings is 1. The highest BCUT2D eigenvalue weighted by molar-refractivity contribution is 7.17. The Balaban J connectivity index is 1.76. The van der Waals surface area contributed by atoms with Gasteiger partial charge in [0.05, 0.1) is 6.04 Å². The Bertz CT molecular complexity index is 1240. The topological polar surface area (TPSA) is 122 Å². The molecule has 1 heterocycles. The lowest BCUT2D eigenvalue weighted by molar-refractivity contribution is -0.145. The van der Waals surface area contributed by atoms with Gasteiger partial charge in [-0.25, -0.2) is 10.2 Å². The van der Waals surface area contributed by atoms with E-state index >= 15 is 0 Å². The number of hydrogen-bond acceptors (Lipinski definition) is 6. The van der Waals surface area contributed by atoms with E-state index in [1.54, 1.807) is 32.1 Å². The van der Waals surface area contributed by atoms with Crippen molar-refractivity contribution in [1.29, 1.82) is 0 Å². The molecule has 0 bridgehead atoms. The third-order valence-electron chi connectivity index (χ3n) is 6.35. The van der Waals surface area contributed by atoms with Gasteiger partial charge in [0, 0.05) is 16.5 Å². The molecule has 0 saturated carbocycles. The average Bonchev–Trinajstić information content (AvgIpc) is 3.32. The zero-order chi connectivity index (χ0) is 26.9. The van der Waals surface area contributed by atoms with Crippen LogP contribution in [0, 0.1) is 11.8 Å². The van der Waals surface area contributed by atoms with Crippen LogP contribution in [0.3, 0.4) is 0 Å². The minimum atomic E-state index is -1.000. The van der Waals surface area contributed by atoms with Gasteiger partial charge in [0.15, 0.2) is 0 Å². The third kappa shape index (κ3) is 7.24. The van der Waals surface area contributed by atoms with Crippen LogP contribution in [-0.4, -0.2) is 34.7 Å². The number of benzene rings is 2. The smallest absolute Gasteiger partial charge is 0.320 e. The molecule has 0 aliphatic heterocycles. The van der Waals surface area contributed by atoms with Crippen molar-refractivity contribution in [3.8, 4) is 0 Å². The number of rotatable bonds is 9. The fourth-order valence-electron chi connectivity index (χ4n) is 3.96. The van der Waals surface area contributed by atoms with E-state index in [1.807, 2.05) is 60.0 Å². The van der Waals surface area contributed by atoms with Crippen molar-refractivity contribution >= 4 is 45.2 Å². The fraction of sp³-hybridized carbons (Fsp3) is 0.357. The van der Waals surface area contributed by atoms with Gasteiger partial charge >= 0.3 is 6.03 Å². The number of nitrogens with one attached hydrogen (secondary N) is 2. The molecule has 3 rings (SSSR count). The van der Waals surface area contributed by atoms with Gasteiger partial charge in [-0.3, -0.25) is 19.8 Å². The summed E-state index contributed by atoms with van der Waals surface area (Å²) in [5, 5.41) is 3.04. The SMILES string of the molecule is CCC(N)C(=O)NNC(=O)N(C(=O)C(C)CCc1ccccc1)C(=O)C(C)Cc1csc2ccccc12. The number of nitrogens with two attached hydrogens (primary N) is 1. The van der Waals surface area contributed by atoms with E-state index in [9.17, 15) is 19.2 Å². The van der Waals surface area contributed by atoms with Crippen LogP contribution in [0.5, 0.6) is 0 Å². The molecule has 37 heavy (non-hydrogen) atoms. The molecule has 2 aromatic carbocycles. The molecule has 9 heteroatoms. The van der Waals surface area contributed by atoms with Crippen molar-refractivity contribution in [2.45, 2.75) is 52.5 Å². The summed E-state index contributed by atoms with van der Waals surface area (Å²) in [5.41, 5.74) is 12.2. The van der Waals surface area contributed by atoms with Gasteiger partial charge in [-0.05, 0) is 53.6 Å². The number of hydrazine groups is 1. The van der Waals surface area contributed by atoms with Gasteiger partial charge < -0.3 is 5.73 Å². The average molecular weight is 523 g/mol. The quantitative estimate of drug-likeness (QED) is 0.364. The lowest BCUT2D eigenvalue weighted by Gasteiger charge is -2.26. The van der Waals surface area contributed by atoms with Crippen molar-refractivity contribution in [1.82, 2.24) is 15.8 Å². The summed E-state index contributed by atoms with van der Waals surface area (Å²) >= 11 is 1.58. The zero-order valence-electron chi connectivity index (χ0n) is 21.4. The van der Waals surface area contributed by atoms with E-state index in [0.29, 0.717) is 30.6 Å². The molecular formula is C28H34N4O4S. The van der Waals surface area contributed by atoms with Gasteiger partial charge in [0.1, 0.15) is 0 Å². The van der Waals surface area contributed by atoms with Crippen molar-refractivity contribution in [3.63, 3.8) is 0 Å². The minimum absolute atomic E-state index is 0.366. The summed E-state index contributed by atoms with van der Waals surface area (Å²) in [5.74, 6) is -3.10. The number of carbonyl (C=O) groups excluding carboxylic acids is 4. The lowest BCUT2D eigenvalue weighted by atomic mass is 9.97. The summed E-state index contributed by atoms with van der Waals surface area (Å²) < 4.78 is 1.10. The largest absolute Gasteiger partial charge is 0.349 e. The predicted molar refractivity (Wildman–Crippen MR) is 145 cm³/mol. The highest BCUT2D eigenvalue weighted by Crippen LogP contribution is 2.28. The van der Waals surface area contributed by atoms with E-state index in [1.165, 1.54) is 0 Å². The Labute approximate surface area is 221 Å². The molecule has 0 fully saturated rings. The fourth-order valence-corrected chi connectivity index (χ4v) is 4.93. The number of amides is 5. The third-order valence-corrected chi connectivity index (χ3v) is 7.36. The monoisotopic (exact) mass is 522 g/mol. The van der Waals surface area contributed by atoms with E-state index in [0.717, 1.165) is 21.2 Å². The van der Waals surface area contributed by atoms with Crippen molar-refractivity contribution < 1.29 is 19.2 Å². The second-order valence-corrected chi connectivity index (χ2v) is 10.1. The van der Waals surface area contributed by atoms with Crippen LogP contribution >= 0.6 is 11.3 Å². The first kappa shape index (κ1) is 28.0. The molecule has 0 saturated heterocycles.